The largest absolute Gasteiger partial charge is 0.479 e. The summed E-state index contributed by atoms with van der Waals surface area (Å²) in [6.45, 7) is 1.69. The number of carbonyl (C=O) groups excluding carboxylic acids is 2. The van der Waals surface area contributed by atoms with E-state index in [2.05, 4.69) is 15.5 Å². The molecular formula is C13H11N3O3. The number of fused-ring (bicyclic) bond motifs is 1. The van der Waals surface area contributed by atoms with Crippen LogP contribution in [0.25, 0.3) is 11.3 Å². The third-order valence-electron chi connectivity index (χ3n) is 2.93. The fraction of sp³-hybridized carbons (Fsp3) is 0.154. The Morgan fingerprint density at radius 2 is 2.21 bits per heavy atom. The quantitative estimate of drug-likeness (QED) is 0.800. The average Bonchev–Trinajstić information content (AvgIpc) is 2.88. The van der Waals surface area contributed by atoms with Crippen LogP contribution in [0.4, 0.5) is 5.69 Å². The van der Waals surface area contributed by atoms with E-state index in [1.54, 1.807) is 25.1 Å². The summed E-state index contributed by atoms with van der Waals surface area (Å²) in [7, 11) is 0. The first-order valence-electron chi connectivity index (χ1n) is 5.80. The predicted octanol–water partition coefficient (Wildman–Crippen LogP) is 1.61. The van der Waals surface area contributed by atoms with Crippen molar-refractivity contribution in [2.24, 2.45) is 0 Å². The molecular weight excluding hydrogens is 246 g/mol. The zero-order chi connectivity index (χ0) is 13.4. The second-order valence-corrected chi connectivity index (χ2v) is 4.29. The average molecular weight is 257 g/mol. The first kappa shape index (κ1) is 11.5. The molecule has 0 bridgehead atoms. The molecule has 6 heteroatoms. The number of aromatic amines is 1. The lowest BCUT2D eigenvalue weighted by Crippen LogP contribution is -2.34. The van der Waals surface area contributed by atoms with Crippen molar-refractivity contribution >= 4 is 17.9 Å². The van der Waals surface area contributed by atoms with Crippen LogP contribution in [0.1, 0.15) is 17.4 Å². The third kappa shape index (κ3) is 1.97. The molecule has 1 amide bonds. The van der Waals surface area contributed by atoms with Gasteiger partial charge in [0.2, 0.25) is 0 Å². The highest BCUT2D eigenvalue weighted by Crippen LogP contribution is 2.33. The lowest BCUT2D eigenvalue weighted by Gasteiger charge is -2.23. The Hall–Kier alpha value is -2.63. The number of nitrogens with one attached hydrogen (secondary N) is 2. The molecule has 3 rings (SSSR count). The van der Waals surface area contributed by atoms with Crippen LogP contribution in [0.5, 0.6) is 5.75 Å². The van der Waals surface area contributed by atoms with Crippen molar-refractivity contribution in [1.29, 1.82) is 0 Å². The van der Waals surface area contributed by atoms with Gasteiger partial charge in [0.05, 0.1) is 17.1 Å². The molecule has 2 heterocycles. The van der Waals surface area contributed by atoms with E-state index in [1.165, 1.54) is 0 Å². The van der Waals surface area contributed by atoms with Crippen molar-refractivity contribution in [2.75, 3.05) is 5.32 Å². The lowest BCUT2D eigenvalue weighted by atomic mass is 10.1. The highest BCUT2D eigenvalue weighted by Gasteiger charge is 2.23. The normalized spacial score (nSPS) is 17.3. The van der Waals surface area contributed by atoms with E-state index < -0.39 is 6.10 Å². The number of aldehydes is 1. The van der Waals surface area contributed by atoms with Gasteiger partial charge in [-0.15, -0.1) is 0 Å². The SMILES string of the molecule is CC1Oc2ccc(-c3cc(C=O)[nH]n3)cc2NC1=O. The molecule has 2 aromatic rings. The Kier molecular flexibility index (Phi) is 2.56. The van der Waals surface area contributed by atoms with Crippen molar-refractivity contribution in [3.05, 3.63) is 30.0 Å². The van der Waals surface area contributed by atoms with Crippen molar-refractivity contribution < 1.29 is 14.3 Å². The summed E-state index contributed by atoms with van der Waals surface area (Å²) in [6, 6.07) is 7.01. The molecule has 1 aliphatic heterocycles. The Labute approximate surface area is 108 Å². The van der Waals surface area contributed by atoms with Gasteiger partial charge >= 0.3 is 0 Å². The van der Waals surface area contributed by atoms with Gasteiger partial charge in [-0.3, -0.25) is 14.7 Å². The number of aromatic nitrogens is 2. The van der Waals surface area contributed by atoms with E-state index in [0.717, 1.165) is 5.56 Å². The van der Waals surface area contributed by atoms with Gasteiger partial charge in [0, 0.05) is 5.56 Å². The van der Waals surface area contributed by atoms with E-state index in [-0.39, 0.29) is 5.91 Å². The molecule has 0 fully saturated rings. The van der Waals surface area contributed by atoms with E-state index >= 15 is 0 Å². The van der Waals surface area contributed by atoms with Crippen LogP contribution in [0, 0.1) is 0 Å². The summed E-state index contributed by atoms with van der Waals surface area (Å²) in [5.41, 5.74) is 2.44. The molecule has 19 heavy (non-hydrogen) atoms. The second-order valence-electron chi connectivity index (χ2n) is 4.29. The minimum Gasteiger partial charge on any atom is -0.479 e. The van der Waals surface area contributed by atoms with Crippen molar-refractivity contribution in [3.8, 4) is 17.0 Å². The summed E-state index contributed by atoms with van der Waals surface area (Å²) in [5, 5.41) is 9.41. The maximum absolute atomic E-state index is 11.6. The van der Waals surface area contributed by atoms with Gasteiger partial charge in [0.25, 0.3) is 5.91 Å². The van der Waals surface area contributed by atoms with Gasteiger partial charge < -0.3 is 10.1 Å². The number of carbonyl (C=O) groups is 2. The molecule has 1 atom stereocenters. The lowest BCUT2D eigenvalue weighted by molar-refractivity contribution is -0.122. The standard InChI is InChI=1S/C13H11N3O3/c1-7-13(18)14-11-4-8(2-3-12(11)19-7)10-5-9(6-17)15-16-10/h2-7H,1H3,(H,14,18)(H,15,16). The monoisotopic (exact) mass is 257 g/mol. The van der Waals surface area contributed by atoms with Crippen LogP contribution < -0.4 is 10.1 Å². The van der Waals surface area contributed by atoms with Gasteiger partial charge in [-0.25, -0.2) is 0 Å². The summed E-state index contributed by atoms with van der Waals surface area (Å²) in [6.07, 6.45) is 0.201. The van der Waals surface area contributed by atoms with Crippen LogP contribution in [0.3, 0.4) is 0 Å². The molecule has 0 spiro atoms. The van der Waals surface area contributed by atoms with Gasteiger partial charge in [-0.1, -0.05) is 0 Å². The fourth-order valence-electron chi connectivity index (χ4n) is 1.91. The summed E-state index contributed by atoms with van der Waals surface area (Å²) >= 11 is 0. The fourth-order valence-corrected chi connectivity index (χ4v) is 1.91. The molecule has 1 unspecified atom stereocenters. The highest BCUT2D eigenvalue weighted by atomic mass is 16.5. The zero-order valence-electron chi connectivity index (χ0n) is 10.1. The Balaban J connectivity index is 1.99. The van der Waals surface area contributed by atoms with Crippen LogP contribution in [0.15, 0.2) is 24.3 Å². The Bertz CT molecular complexity index is 663. The molecule has 0 aliphatic carbocycles. The number of rotatable bonds is 2. The summed E-state index contributed by atoms with van der Waals surface area (Å²) in [4.78, 5) is 22.2. The minimum atomic E-state index is -0.495. The minimum absolute atomic E-state index is 0.180. The van der Waals surface area contributed by atoms with Gasteiger partial charge in [0.1, 0.15) is 5.75 Å². The molecule has 2 N–H and O–H groups in total. The molecule has 0 saturated heterocycles. The summed E-state index contributed by atoms with van der Waals surface area (Å²) in [5.74, 6) is 0.447. The molecule has 6 nitrogen and oxygen atoms in total. The number of benzene rings is 1. The van der Waals surface area contributed by atoms with E-state index in [9.17, 15) is 9.59 Å². The van der Waals surface area contributed by atoms with Crippen LogP contribution in [-0.4, -0.2) is 28.5 Å². The number of hydrogen-bond acceptors (Lipinski definition) is 4. The number of ether oxygens (including phenoxy) is 1. The highest BCUT2D eigenvalue weighted by molar-refractivity contribution is 5.98. The predicted molar refractivity (Wildman–Crippen MR) is 68.1 cm³/mol. The third-order valence-corrected chi connectivity index (χ3v) is 2.93. The number of hydrogen-bond donors (Lipinski definition) is 2. The van der Waals surface area contributed by atoms with Gasteiger partial charge in [-0.05, 0) is 31.2 Å². The van der Waals surface area contributed by atoms with Gasteiger partial charge in [-0.2, -0.15) is 5.10 Å². The maximum Gasteiger partial charge on any atom is 0.265 e. The number of anilines is 1. The molecule has 1 aliphatic rings. The number of H-pyrrole nitrogens is 1. The van der Waals surface area contributed by atoms with Crippen LogP contribution >= 0.6 is 0 Å². The molecule has 1 aromatic heterocycles. The first-order chi connectivity index (χ1) is 9.17. The van der Waals surface area contributed by atoms with E-state index in [4.69, 9.17) is 4.74 Å². The Morgan fingerprint density at radius 3 is 2.95 bits per heavy atom. The molecule has 0 saturated carbocycles. The smallest absolute Gasteiger partial charge is 0.265 e. The van der Waals surface area contributed by atoms with E-state index in [0.29, 0.717) is 29.1 Å². The molecule has 96 valence electrons. The number of nitrogens with zero attached hydrogens (tertiary/aromatic N) is 1. The topological polar surface area (TPSA) is 84.1 Å². The summed E-state index contributed by atoms with van der Waals surface area (Å²) < 4.78 is 5.46. The first-order valence-corrected chi connectivity index (χ1v) is 5.80. The molecule has 0 radical (unpaired) electrons. The van der Waals surface area contributed by atoms with Crippen LogP contribution in [0.2, 0.25) is 0 Å². The second kappa shape index (κ2) is 4.24. The van der Waals surface area contributed by atoms with Crippen molar-refractivity contribution in [2.45, 2.75) is 13.0 Å². The van der Waals surface area contributed by atoms with Crippen molar-refractivity contribution in [3.63, 3.8) is 0 Å². The molecule has 1 aromatic carbocycles. The number of amides is 1. The zero-order valence-corrected chi connectivity index (χ0v) is 10.1. The van der Waals surface area contributed by atoms with Crippen molar-refractivity contribution in [1.82, 2.24) is 10.2 Å². The van der Waals surface area contributed by atoms with E-state index in [1.807, 2.05) is 6.07 Å². The van der Waals surface area contributed by atoms with Gasteiger partial charge in [0.15, 0.2) is 12.4 Å². The Morgan fingerprint density at radius 1 is 1.37 bits per heavy atom. The maximum atomic E-state index is 11.6. The van der Waals surface area contributed by atoms with Crippen LogP contribution in [-0.2, 0) is 4.79 Å².